The van der Waals surface area contributed by atoms with Crippen LogP contribution in [-0.4, -0.2) is 57.1 Å². The van der Waals surface area contributed by atoms with Crippen molar-refractivity contribution in [3.05, 3.63) is 28.8 Å². The number of likely N-dealkylation sites (N-methyl/N-ethyl adjacent to an activating group) is 1. The lowest BCUT2D eigenvalue weighted by Gasteiger charge is -2.44. The van der Waals surface area contributed by atoms with Gasteiger partial charge in [-0.3, -0.25) is 4.90 Å². The molecule has 0 unspecified atom stereocenters. The molecular weight excluding hydrogens is 322 g/mol. The van der Waals surface area contributed by atoms with Crippen LogP contribution in [0.25, 0.3) is 0 Å². The third-order valence-corrected chi connectivity index (χ3v) is 5.77. The normalized spacial score (nSPS) is 30.8. The van der Waals surface area contributed by atoms with Gasteiger partial charge in [0.05, 0.1) is 33.0 Å². The predicted molar refractivity (Wildman–Crippen MR) is 92.4 cm³/mol. The smallest absolute Gasteiger partial charge is 0.203 e. The van der Waals surface area contributed by atoms with Gasteiger partial charge in [-0.2, -0.15) is 0 Å². The molecule has 6 heteroatoms. The number of ether oxygens (including phenoxy) is 4. The number of aliphatic hydroxyl groups is 1. The van der Waals surface area contributed by atoms with E-state index in [9.17, 15) is 5.11 Å². The van der Waals surface area contributed by atoms with Crippen LogP contribution >= 0.6 is 0 Å². The maximum atomic E-state index is 10.7. The standard InChI is InChI=1S/C19H25NO5/c1-20-8-7-10-5-6-12-14(16(10)20)11-9-13(22-2)17(23-3)18(24-4)15(11)19(21)25-12/h5,9,12,14,16,19,21H,6-8H2,1-4H3/t12-,14-,16-,19+/m1/s1. The van der Waals surface area contributed by atoms with E-state index in [4.69, 9.17) is 18.9 Å². The zero-order chi connectivity index (χ0) is 17.7. The summed E-state index contributed by atoms with van der Waals surface area (Å²) >= 11 is 0. The number of hydrogen-bond donors (Lipinski definition) is 1. The Bertz CT molecular complexity index is 716. The zero-order valence-corrected chi connectivity index (χ0v) is 15.1. The summed E-state index contributed by atoms with van der Waals surface area (Å²) < 4.78 is 22.6. The Labute approximate surface area is 147 Å². The van der Waals surface area contributed by atoms with Crippen molar-refractivity contribution >= 4 is 0 Å². The van der Waals surface area contributed by atoms with Crippen molar-refractivity contribution in [2.75, 3.05) is 34.9 Å². The summed E-state index contributed by atoms with van der Waals surface area (Å²) in [7, 11) is 6.91. The lowest BCUT2D eigenvalue weighted by Crippen LogP contribution is -2.45. The van der Waals surface area contributed by atoms with Crippen LogP contribution in [0.2, 0.25) is 0 Å². The Kier molecular flexibility index (Phi) is 4.14. The van der Waals surface area contributed by atoms with Crippen molar-refractivity contribution < 1.29 is 24.1 Å². The third kappa shape index (κ3) is 2.35. The molecule has 0 amide bonds. The van der Waals surface area contributed by atoms with Crippen molar-refractivity contribution in [3.63, 3.8) is 0 Å². The summed E-state index contributed by atoms with van der Waals surface area (Å²) in [5, 5.41) is 10.7. The Balaban J connectivity index is 1.93. The summed E-state index contributed by atoms with van der Waals surface area (Å²) in [6.45, 7) is 1.04. The van der Waals surface area contributed by atoms with E-state index in [1.165, 1.54) is 5.57 Å². The van der Waals surface area contributed by atoms with Gasteiger partial charge in [-0.05, 0) is 31.5 Å². The summed E-state index contributed by atoms with van der Waals surface area (Å²) in [6, 6.07) is 2.27. The van der Waals surface area contributed by atoms with E-state index in [-0.39, 0.29) is 18.1 Å². The van der Waals surface area contributed by atoms with Crippen LogP contribution in [0.4, 0.5) is 0 Å². The van der Waals surface area contributed by atoms with Crippen LogP contribution < -0.4 is 14.2 Å². The maximum Gasteiger partial charge on any atom is 0.203 e. The fourth-order valence-corrected chi connectivity index (χ4v) is 4.69. The number of hydrogen-bond acceptors (Lipinski definition) is 6. The monoisotopic (exact) mass is 347 g/mol. The largest absolute Gasteiger partial charge is 0.493 e. The molecule has 0 aromatic heterocycles. The van der Waals surface area contributed by atoms with E-state index in [1.54, 1.807) is 21.3 Å². The minimum absolute atomic E-state index is 0.0559. The van der Waals surface area contributed by atoms with Crippen LogP contribution in [0.1, 0.15) is 36.2 Å². The number of rotatable bonds is 3. The van der Waals surface area contributed by atoms with E-state index in [2.05, 4.69) is 18.0 Å². The molecule has 0 spiro atoms. The highest BCUT2D eigenvalue weighted by Gasteiger charge is 2.48. The molecule has 6 nitrogen and oxygen atoms in total. The molecule has 3 aliphatic rings. The van der Waals surface area contributed by atoms with Crippen molar-refractivity contribution in [2.45, 2.75) is 37.2 Å². The molecule has 4 rings (SSSR count). The fraction of sp³-hybridized carbons (Fsp3) is 0.579. The Morgan fingerprint density at radius 3 is 2.60 bits per heavy atom. The highest BCUT2D eigenvalue weighted by molar-refractivity contribution is 5.62. The highest BCUT2D eigenvalue weighted by atomic mass is 16.6. The minimum atomic E-state index is -1.03. The second-order valence-corrected chi connectivity index (χ2v) is 6.89. The van der Waals surface area contributed by atoms with Gasteiger partial charge >= 0.3 is 0 Å². The minimum Gasteiger partial charge on any atom is -0.493 e. The van der Waals surface area contributed by atoms with E-state index in [0.717, 1.165) is 24.9 Å². The van der Waals surface area contributed by atoms with Crippen LogP contribution in [0.5, 0.6) is 17.2 Å². The molecule has 1 aromatic carbocycles. The van der Waals surface area contributed by atoms with Gasteiger partial charge in [0.1, 0.15) is 0 Å². The molecule has 0 bridgehead atoms. The fourth-order valence-electron chi connectivity index (χ4n) is 4.69. The molecule has 1 aliphatic carbocycles. The average molecular weight is 347 g/mol. The number of benzene rings is 1. The summed E-state index contributed by atoms with van der Waals surface area (Å²) in [5.74, 6) is 1.72. The summed E-state index contributed by atoms with van der Waals surface area (Å²) in [6.07, 6.45) is 3.10. The average Bonchev–Trinajstić information content (AvgIpc) is 3.00. The number of likely N-dealkylation sites (tertiary alicyclic amines) is 1. The molecule has 0 radical (unpaired) electrons. The van der Waals surface area contributed by atoms with Gasteiger partial charge in [-0.25, -0.2) is 0 Å². The van der Waals surface area contributed by atoms with Crippen molar-refractivity contribution in [2.24, 2.45) is 0 Å². The second-order valence-electron chi connectivity index (χ2n) is 6.89. The van der Waals surface area contributed by atoms with Crippen LogP contribution in [0.3, 0.4) is 0 Å². The number of methoxy groups -OCH3 is 3. The first-order chi connectivity index (χ1) is 12.1. The second kappa shape index (κ2) is 6.20. The molecule has 25 heavy (non-hydrogen) atoms. The summed E-state index contributed by atoms with van der Waals surface area (Å²) in [5.41, 5.74) is 3.15. The van der Waals surface area contributed by atoms with E-state index in [0.29, 0.717) is 22.8 Å². The maximum absolute atomic E-state index is 10.7. The SMILES string of the molecule is COc1cc2c(c(OC)c1OC)[C@@H](O)O[C@@H]1CC=C3CCN(C)[C@H]3[C@H]21. The van der Waals surface area contributed by atoms with Gasteiger partial charge in [0.2, 0.25) is 5.75 Å². The van der Waals surface area contributed by atoms with Gasteiger partial charge < -0.3 is 24.1 Å². The molecule has 1 N–H and O–H groups in total. The Morgan fingerprint density at radius 1 is 1.16 bits per heavy atom. The molecule has 2 heterocycles. The van der Waals surface area contributed by atoms with E-state index >= 15 is 0 Å². The van der Waals surface area contributed by atoms with Crippen LogP contribution in [-0.2, 0) is 4.74 Å². The van der Waals surface area contributed by atoms with Crippen molar-refractivity contribution in [3.8, 4) is 17.2 Å². The van der Waals surface area contributed by atoms with Gasteiger partial charge in [0.15, 0.2) is 17.8 Å². The van der Waals surface area contributed by atoms with Gasteiger partial charge in [-0.1, -0.05) is 11.6 Å². The van der Waals surface area contributed by atoms with E-state index in [1.807, 2.05) is 6.07 Å². The number of aliphatic hydroxyl groups excluding tert-OH is 1. The first kappa shape index (κ1) is 16.7. The zero-order valence-electron chi connectivity index (χ0n) is 15.1. The lowest BCUT2D eigenvalue weighted by atomic mass is 9.74. The van der Waals surface area contributed by atoms with E-state index < -0.39 is 6.29 Å². The molecule has 1 fully saturated rings. The van der Waals surface area contributed by atoms with Gasteiger partial charge in [0.25, 0.3) is 0 Å². The first-order valence-corrected chi connectivity index (χ1v) is 8.66. The predicted octanol–water partition coefficient (Wildman–Crippen LogP) is 2.22. The number of fused-ring (bicyclic) bond motifs is 5. The van der Waals surface area contributed by atoms with Crippen molar-refractivity contribution in [1.82, 2.24) is 4.90 Å². The molecule has 0 saturated carbocycles. The lowest BCUT2D eigenvalue weighted by molar-refractivity contribution is -0.163. The molecule has 1 saturated heterocycles. The van der Waals surface area contributed by atoms with Gasteiger partial charge in [0, 0.05) is 18.5 Å². The summed E-state index contributed by atoms with van der Waals surface area (Å²) in [4.78, 5) is 2.37. The first-order valence-electron chi connectivity index (χ1n) is 8.66. The van der Waals surface area contributed by atoms with Crippen LogP contribution in [0, 0.1) is 0 Å². The Morgan fingerprint density at radius 2 is 1.92 bits per heavy atom. The topological polar surface area (TPSA) is 60.4 Å². The molecule has 136 valence electrons. The van der Waals surface area contributed by atoms with Crippen molar-refractivity contribution in [1.29, 1.82) is 0 Å². The number of nitrogens with zero attached hydrogens (tertiary/aromatic N) is 1. The third-order valence-electron chi connectivity index (χ3n) is 5.77. The quantitative estimate of drug-likeness (QED) is 0.846. The molecule has 1 aromatic rings. The Hall–Kier alpha value is -1.76. The van der Waals surface area contributed by atoms with Gasteiger partial charge in [-0.15, -0.1) is 0 Å². The molecular formula is C19H25NO5. The van der Waals surface area contributed by atoms with Crippen LogP contribution in [0.15, 0.2) is 17.7 Å². The molecule has 2 aliphatic heterocycles. The highest BCUT2D eigenvalue weighted by Crippen LogP contribution is 2.54. The molecule has 4 atom stereocenters.